The Balaban J connectivity index is 3.72. The van der Waals surface area contributed by atoms with Crippen molar-refractivity contribution in [2.45, 2.75) is 51.7 Å². The smallest absolute Gasteiger partial charge is 0.407 e. The van der Waals surface area contributed by atoms with Crippen LogP contribution in [-0.4, -0.2) is 49.1 Å². The molecule has 19 heavy (non-hydrogen) atoms. The molecule has 0 aromatic rings. The summed E-state index contributed by atoms with van der Waals surface area (Å²) in [6.45, 7) is 7.45. The summed E-state index contributed by atoms with van der Waals surface area (Å²) in [7, 11) is 0. The number of nitrogens with two attached hydrogens (primary N) is 1. The molecule has 1 atom stereocenters. The fraction of sp³-hybridized carbons (Fsp3) is 0.923. The van der Waals surface area contributed by atoms with Crippen LogP contribution in [0, 0.1) is 0 Å². The van der Waals surface area contributed by atoms with Crippen molar-refractivity contribution in [3.8, 4) is 0 Å². The molecule has 1 unspecified atom stereocenters. The second kappa shape index (κ2) is 10.00. The van der Waals surface area contributed by atoms with E-state index < -0.39 is 11.7 Å². The second-order valence-electron chi connectivity index (χ2n) is 5.55. The largest absolute Gasteiger partial charge is 0.444 e. The van der Waals surface area contributed by atoms with Gasteiger partial charge in [0.2, 0.25) is 0 Å². The van der Waals surface area contributed by atoms with Crippen molar-refractivity contribution in [2.24, 2.45) is 5.73 Å². The molecule has 0 bridgehead atoms. The third-order valence-corrected chi connectivity index (χ3v) is 2.44. The molecule has 0 saturated heterocycles. The molecule has 0 aliphatic rings. The number of aliphatic hydroxyl groups is 1. The lowest BCUT2D eigenvalue weighted by molar-refractivity contribution is 0.0523. The van der Waals surface area contributed by atoms with Gasteiger partial charge in [-0.25, -0.2) is 4.79 Å². The molecule has 1 amide bonds. The molecule has 5 N–H and O–H groups in total. The van der Waals surface area contributed by atoms with Crippen molar-refractivity contribution in [3.63, 3.8) is 0 Å². The van der Waals surface area contributed by atoms with E-state index in [1.54, 1.807) is 0 Å². The fourth-order valence-electron chi connectivity index (χ4n) is 1.48. The molecular formula is C13H29N3O3. The van der Waals surface area contributed by atoms with Gasteiger partial charge in [-0.15, -0.1) is 0 Å². The maximum atomic E-state index is 11.5. The Morgan fingerprint density at radius 2 is 2.00 bits per heavy atom. The van der Waals surface area contributed by atoms with Crippen molar-refractivity contribution >= 4 is 6.09 Å². The van der Waals surface area contributed by atoms with E-state index in [-0.39, 0.29) is 12.6 Å². The molecule has 0 heterocycles. The fourth-order valence-corrected chi connectivity index (χ4v) is 1.48. The monoisotopic (exact) mass is 275 g/mol. The Morgan fingerprint density at radius 3 is 2.53 bits per heavy atom. The van der Waals surface area contributed by atoms with Gasteiger partial charge in [0.25, 0.3) is 0 Å². The lowest BCUT2D eigenvalue weighted by atomic mass is 10.2. The second-order valence-corrected chi connectivity index (χ2v) is 5.55. The van der Waals surface area contributed by atoms with Crippen LogP contribution in [0.25, 0.3) is 0 Å². The zero-order valence-corrected chi connectivity index (χ0v) is 12.4. The van der Waals surface area contributed by atoms with Crippen molar-refractivity contribution in [1.29, 1.82) is 0 Å². The Morgan fingerprint density at radius 1 is 1.32 bits per heavy atom. The molecule has 0 radical (unpaired) electrons. The summed E-state index contributed by atoms with van der Waals surface area (Å²) in [6, 6.07) is 0.0432. The van der Waals surface area contributed by atoms with Gasteiger partial charge in [-0.1, -0.05) is 0 Å². The summed E-state index contributed by atoms with van der Waals surface area (Å²) in [4.78, 5) is 11.5. The zero-order valence-electron chi connectivity index (χ0n) is 12.4. The number of aliphatic hydroxyl groups excluding tert-OH is 1. The molecule has 0 aliphatic heterocycles. The molecule has 114 valence electrons. The van der Waals surface area contributed by atoms with Crippen molar-refractivity contribution < 1.29 is 14.6 Å². The van der Waals surface area contributed by atoms with Gasteiger partial charge in [0, 0.05) is 25.7 Å². The number of hydrogen-bond acceptors (Lipinski definition) is 5. The minimum absolute atomic E-state index is 0.0432. The van der Waals surface area contributed by atoms with Crippen molar-refractivity contribution in [3.05, 3.63) is 0 Å². The zero-order chi connectivity index (χ0) is 14.7. The van der Waals surface area contributed by atoms with Crippen LogP contribution in [0.4, 0.5) is 4.79 Å². The van der Waals surface area contributed by atoms with E-state index in [0.717, 1.165) is 25.8 Å². The summed E-state index contributed by atoms with van der Waals surface area (Å²) in [5, 5.41) is 14.6. The number of unbranched alkanes of at least 4 members (excludes halogenated alkanes) is 2. The molecule has 6 nitrogen and oxygen atoms in total. The lowest BCUT2D eigenvalue weighted by Crippen LogP contribution is -2.46. The van der Waals surface area contributed by atoms with E-state index in [9.17, 15) is 4.79 Å². The van der Waals surface area contributed by atoms with Gasteiger partial charge in [0.15, 0.2) is 0 Å². The maximum absolute atomic E-state index is 11.5. The minimum atomic E-state index is -0.486. The normalized spacial score (nSPS) is 13.1. The third-order valence-electron chi connectivity index (χ3n) is 2.44. The van der Waals surface area contributed by atoms with Crippen LogP contribution in [0.5, 0.6) is 0 Å². The molecular weight excluding hydrogens is 246 g/mol. The number of carbonyl (C=O) groups is 1. The summed E-state index contributed by atoms with van der Waals surface area (Å²) in [6.07, 6.45) is 2.38. The highest BCUT2D eigenvalue weighted by atomic mass is 16.6. The van der Waals surface area contributed by atoms with Crippen LogP contribution < -0.4 is 16.4 Å². The summed E-state index contributed by atoms with van der Waals surface area (Å²) < 4.78 is 5.14. The predicted molar refractivity (Wildman–Crippen MR) is 76.0 cm³/mol. The number of ether oxygens (including phenoxy) is 1. The standard InChI is InChI=1S/C13H29N3O3/c1-13(2,3)19-12(18)16-10-11(9-14)15-7-5-4-6-8-17/h11,15,17H,4-10,14H2,1-3H3,(H,16,18). The molecule has 0 aromatic heterocycles. The van der Waals surface area contributed by atoms with Gasteiger partial charge in [-0.05, 0) is 46.6 Å². The maximum Gasteiger partial charge on any atom is 0.407 e. The van der Waals surface area contributed by atoms with Crippen LogP contribution in [-0.2, 0) is 4.74 Å². The van der Waals surface area contributed by atoms with Gasteiger partial charge < -0.3 is 26.2 Å². The number of rotatable bonds is 9. The molecule has 0 aliphatic carbocycles. The quantitative estimate of drug-likeness (QED) is 0.462. The van der Waals surface area contributed by atoms with Gasteiger partial charge in [0.1, 0.15) is 5.60 Å². The molecule has 0 saturated carbocycles. The first-order chi connectivity index (χ1) is 8.89. The Labute approximate surface area is 116 Å². The van der Waals surface area contributed by atoms with E-state index in [2.05, 4.69) is 10.6 Å². The van der Waals surface area contributed by atoms with E-state index in [1.165, 1.54) is 0 Å². The van der Waals surface area contributed by atoms with Crippen molar-refractivity contribution in [1.82, 2.24) is 10.6 Å². The SMILES string of the molecule is CC(C)(C)OC(=O)NCC(CN)NCCCCCO. The first-order valence-electron chi connectivity index (χ1n) is 6.90. The molecule has 0 fully saturated rings. The summed E-state index contributed by atoms with van der Waals surface area (Å²) in [5.74, 6) is 0. The molecule has 0 spiro atoms. The predicted octanol–water partition coefficient (Wildman–Crippen LogP) is 0.591. The van der Waals surface area contributed by atoms with E-state index in [1.807, 2.05) is 20.8 Å². The molecule has 6 heteroatoms. The highest BCUT2D eigenvalue weighted by Gasteiger charge is 2.16. The number of nitrogens with one attached hydrogen (secondary N) is 2. The average Bonchev–Trinajstić information content (AvgIpc) is 2.30. The van der Waals surface area contributed by atoms with Crippen LogP contribution in [0.3, 0.4) is 0 Å². The molecule has 0 aromatic carbocycles. The van der Waals surface area contributed by atoms with E-state index in [0.29, 0.717) is 13.1 Å². The first-order valence-corrected chi connectivity index (χ1v) is 6.90. The highest BCUT2D eigenvalue weighted by molar-refractivity contribution is 5.67. The Bertz CT molecular complexity index is 242. The number of hydrogen-bond donors (Lipinski definition) is 4. The third kappa shape index (κ3) is 11.9. The van der Waals surface area contributed by atoms with Crippen LogP contribution in [0.2, 0.25) is 0 Å². The van der Waals surface area contributed by atoms with Crippen LogP contribution >= 0.6 is 0 Å². The summed E-state index contributed by atoms with van der Waals surface area (Å²) in [5.41, 5.74) is 5.15. The van der Waals surface area contributed by atoms with Gasteiger partial charge in [-0.2, -0.15) is 0 Å². The number of alkyl carbamates (subject to hydrolysis) is 1. The van der Waals surface area contributed by atoms with E-state index >= 15 is 0 Å². The summed E-state index contributed by atoms with van der Waals surface area (Å²) >= 11 is 0. The molecule has 0 rings (SSSR count). The van der Waals surface area contributed by atoms with Gasteiger partial charge in [-0.3, -0.25) is 0 Å². The topological polar surface area (TPSA) is 96.6 Å². The van der Waals surface area contributed by atoms with Crippen molar-refractivity contribution in [2.75, 3.05) is 26.2 Å². The lowest BCUT2D eigenvalue weighted by Gasteiger charge is -2.22. The number of carbonyl (C=O) groups excluding carboxylic acids is 1. The minimum Gasteiger partial charge on any atom is -0.444 e. The van der Waals surface area contributed by atoms with Gasteiger partial charge in [0.05, 0.1) is 0 Å². The van der Waals surface area contributed by atoms with Crippen LogP contribution in [0.15, 0.2) is 0 Å². The van der Waals surface area contributed by atoms with Gasteiger partial charge >= 0.3 is 6.09 Å². The average molecular weight is 275 g/mol. The first kappa shape index (κ1) is 18.1. The van der Waals surface area contributed by atoms with E-state index in [4.69, 9.17) is 15.6 Å². The Kier molecular flexibility index (Phi) is 9.55. The Hall–Kier alpha value is -0.850. The van der Waals surface area contributed by atoms with Crippen LogP contribution in [0.1, 0.15) is 40.0 Å². The highest BCUT2D eigenvalue weighted by Crippen LogP contribution is 2.06. The number of amides is 1.